The molecule has 1 saturated heterocycles. The number of aryl methyl sites for hydroxylation is 2. The zero-order valence-corrected chi connectivity index (χ0v) is 19.5. The van der Waals surface area contributed by atoms with Crippen molar-refractivity contribution < 1.29 is 14.3 Å². The molecule has 0 unspecified atom stereocenters. The van der Waals surface area contributed by atoms with Gasteiger partial charge in [-0.2, -0.15) is 0 Å². The molecule has 0 radical (unpaired) electrons. The highest BCUT2D eigenvalue weighted by Crippen LogP contribution is 2.31. The quantitative estimate of drug-likeness (QED) is 0.634. The topological polar surface area (TPSA) is 79.8 Å². The smallest absolute Gasteiger partial charge is 0.321 e. The molecule has 3 aromatic rings. The summed E-state index contributed by atoms with van der Waals surface area (Å²) in [4.78, 5) is 16.7. The van der Waals surface area contributed by atoms with Gasteiger partial charge in [-0.3, -0.25) is 0 Å². The Kier molecular flexibility index (Phi) is 6.63. The van der Waals surface area contributed by atoms with Crippen LogP contribution in [0.1, 0.15) is 11.1 Å². The third kappa shape index (κ3) is 5.00. The summed E-state index contributed by atoms with van der Waals surface area (Å²) in [6.45, 7) is 6.66. The number of carbonyl (C=O) groups excluding carboxylic acids is 1. The van der Waals surface area contributed by atoms with E-state index >= 15 is 0 Å². The molecule has 33 heavy (non-hydrogen) atoms. The number of methoxy groups -OCH3 is 2. The molecule has 0 atom stereocenters. The van der Waals surface area contributed by atoms with Gasteiger partial charge in [-0.1, -0.05) is 12.1 Å². The maximum Gasteiger partial charge on any atom is 0.321 e. The summed E-state index contributed by atoms with van der Waals surface area (Å²) in [5.41, 5.74) is 4.69. The number of nitrogens with one attached hydrogen (secondary N) is 1. The third-order valence-corrected chi connectivity index (χ3v) is 5.86. The molecule has 1 aliphatic heterocycles. The van der Waals surface area contributed by atoms with Crippen LogP contribution in [0.25, 0.3) is 11.3 Å². The lowest BCUT2D eigenvalue weighted by Crippen LogP contribution is -2.50. The average Bonchev–Trinajstić information content (AvgIpc) is 2.86. The van der Waals surface area contributed by atoms with Gasteiger partial charge < -0.3 is 24.6 Å². The summed E-state index contributed by atoms with van der Waals surface area (Å²) in [6.07, 6.45) is 0. The highest BCUT2D eigenvalue weighted by Gasteiger charge is 2.22. The Morgan fingerprint density at radius 3 is 2.30 bits per heavy atom. The van der Waals surface area contributed by atoms with Crippen LogP contribution in [-0.4, -0.2) is 61.5 Å². The fourth-order valence-corrected chi connectivity index (χ4v) is 3.85. The van der Waals surface area contributed by atoms with Gasteiger partial charge in [0.15, 0.2) is 17.3 Å². The van der Waals surface area contributed by atoms with Crippen LogP contribution in [0, 0.1) is 13.8 Å². The zero-order chi connectivity index (χ0) is 23.4. The van der Waals surface area contributed by atoms with Gasteiger partial charge in [0.1, 0.15) is 0 Å². The van der Waals surface area contributed by atoms with E-state index in [-0.39, 0.29) is 6.03 Å². The maximum absolute atomic E-state index is 12.7. The largest absolute Gasteiger partial charge is 0.493 e. The van der Waals surface area contributed by atoms with Crippen LogP contribution in [-0.2, 0) is 0 Å². The molecule has 4 rings (SSSR count). The molecule has 0 bridgehead atoms. The van der Waals surface area contributed by atoms with E-state index in [0.29, 0.717) is 37.7 Å². The molecule has 2 amide bonds. The number of hydrogen-bond acceptors (Lipinski definition) is 6. The van der Waals surface area contributed by atoms with Crippen molar-refractivity contribution in [3.05, 3.63) is 59.7 Å². The number of urea groups is 1. The first-order valence-electron chi connectivity index (χ1n) is 10.9. The molecule has 0 spiro atoms. The Hall–Kier alpha value is -3.81. The van der Waals surface area contributed by atoms with E-state index in [4.69, 9.17) is 9.47 Å². The number of anilines is 2. The van der Waals surface area contributed by atoms with Crippen molar-refractivity contribution in [1.29, 1.82) is 0 Å². The highest BCUT2D eigenvalue weighted by atomic mass is 16.5. The molecule has 1 N–H and O–H groups in total. The summed E-state index contributed by atoms with van der Waals surface area (Å²) in [5, 5.41) is 11.9. The number of rotatable bonds is 5. The van der Waals surface area contributed by atoms with Crippen LogP contribution in [0.3, 0.4) is 0 Å². The van der Waals surface area contributed by atoms with E-state index in [2.05, 4.69) is 20.4 Å². The minimum atomic E-state index is -0.0711. The summed E-state index contributed by atoms with van der Waals surface area (Å²) in [6, 6.07) is 15.6. The van der Waals surface area contributed by atoms with Crippen LogP contribution >= 0.6 is 0 Å². The molecule has 1 fully saturated rings. The molecule has 1 aliphatic rings. The lowest BCUT2D eigenvalue weighted by molar-refractivity contribution is 0.208. The second kappa shape index (κ2) is 9.77. The number of nitrogens with zero attached hydrogens (tertiary/aromatic N) is 4. The predicted molar refractivity (Wildman–Crippen MR) is 129 cm³/mol. The summed E-state index contributed by atoms with van der Waals surface area (Å²) >= 11 is 0. The number of hydrogen-bond donors (Lipinski definition) is 1. The van der Waals surface area contributed by atoms with Gasteiger partial charge in [0.2, 0.25) is 0 Å². The number of benzene rings is 2. The average molecular weight is 448 g/mol. The second-order valence-corrected chi connectivity index (χ2v) is 8.07. The van der Waals surface area contributed by atoms with Gasteiger partial charge in [-0.25, -0.2) is 4.79 Å². The molecule has 2 aromatic carbocycles. The normalized spacial score (nSPS) is 13.6. The number of piperazine rings is 1. The Labute approximate surface area is 194 Å². The van der Waals surface area contributed by atoms with Crippen molar-refractivity contribution in [2.24, 2.45) is 0 Å². The molecular formula is C25H29N5O3. The standard InChI is InChI=1S/C25H29N5O3/c1-17-5-6-18(2)21(15-17)26-25(31)30-13-11-29(12-14-30)24-10-8-20(27-28-24)19-7-9-22(32-3)23(16-19)33-4/h5-10,15-16H,11-14H2,1-4H3,(H,26,31). The van der Waals surface area contributed by atoms with Gasteiger partial charge in [0.05, 0.1) is 19.9 Å². The van der Waals surface area contributed by atoms with Gasteiger partial charge in [0, 0.05) is 37.4 Å². The molecule has 172 valence electrons. The molecule has 0 aliphatic carbocycles. The Balaban J connectivity index is 1.37. The van der Waals surface area contributed by atoms with E-state index in [1.54, 1.807) is 14.2 Å². The lowest BCUT2D eigenvalue weighted by atomic mass is 10.1. The van der Waals surface area contributed by atoms with E-state index < -0.39 is 0 Å². The molecule has 0 saturated carbocycles. The fraction of sp³-hybridized carbons (Fsp3) is 0.320. The highest BCUT2D eigenvalue weighted by molar-refractivity contribution is 5.90. The van der Waals surface area contributed by atoms with E-state index in [1.165, 1.54) is 0 Å². The molecule has 8 heteroatoms. The summed E-state index contributed by atoms with van der Waals surface area (Å²) < 4.78 is 10.7. The van der Waals surface area contributed by atoms with Crippen molar-refractivity contribution in [2.75, 3.05) is 50.6 Å². The number of carbonyl (C=O) groups is 1. The second-order valence-electron chi connectivity index (χ2n) is 8.07. The van der Waals surface area contributed by atoms with Crippen molar-refractivity contribution in [3.8, 4) is 22.8 Å². The minimum absolute atomic E-state index is 0.0711. The molecule has 8 nitrogen and oxygen atoms in total. The van der Waals surface area contributed by atoms with Crippen molar-refractivity contribution >= 4 is 17.5 Å². The molecule has 1 aromatic heterocycles. The Morgan fingerprint density at radius 1 is 0.879 bits per heavy atom. The Morgan fingerprint density at radius 2 is 1.64 bits per heavy atom. The van der Waals surface area contributed by atoms with Gasteiger partial charge in [-0.15, -0.1) is 10.2 Å². The number of amides is 2. The van der Waals surface area contributed by atoms with Crippen molar-refractivity contribution in [3.63, 3.8) is 0 Å². The first kappa shape index (κ1) is 22.4. The fourth-order valence-electron chi connectivity index (χ4n) is 3.85. The van der Waals surface area contributed by atoms with Crippen LogP contribution in [0.5, 0.6) is 11.5 Å². The third-order valence-electron chi connectivity index (χ3n) is 5.86. The van der Waals surface area contributed by atoms with E-state index in [1.807, 2.05) is 67.3 Å². The van der Waals surface area contributed by atoms with Gasteiger partial charge >= 0.3 is 6.03 Å². The van der Waals surface area contributed by atoms with Crippen LogP contribution in [0.2, 0.25) is 0 Å². The zero-order valence-electron chi connectivity index (χ0n) is 19.5. The van der Waals surface area contributed by atoms with Crippen LogP contribution in [0.15, 0.2) is 48.5 Å². The molecular weight excluding hydrogens is 418 g/mol. The molecule has 2 heterocycles. The first-order valence-corrected chi connectivity index (χ1v) is 10.9. The van der Waals surface area contributed by atoms with Crippen LogP contribution < -0.4 is 19.7 Å². The summed E-state index contributed by atoms with van der Waals surface area (Å²) in [7, 11) is 3.22. The van der Waals surface area contributed by atoms with E-state index in [0.717, 1.165) is 33.9 Å². The maximum atomic E-state index is 12.7. The number of ether oxygens (including phenoxy) is 2. The Bertz CT molecular complexity index is 1130. The lowest BCUT2D eigenvalue weighted by Gasteiger charge is -2.35. The summed E-state index contributed by atoms with van der Waals surface area (Å²) in [5.74, 6) is 2.12. The predicted octanol–water partition coefficient (Wildman–Crippen LogP) is 4.13. The number of aromatic nitrogens is 2. The van der Waals surface area contributed by atoms with E-state index in [9.17, 15) is 4.79 Å². The monoisotopic (exact) mass is 447 g/mol. The first-order chi connectivity index (χ1) is 16.0. The van der Waals surface area contributed by atoms with Crippen LogP contribution in [0.4, 0.5) is 16.3 Å². The van der Waals surface area contributed by atoms with Gasteiger partial charge in [0.25, 0.3) is 0 Å². The van der Waals surface area contributed by atoms with Crippen molar-refractivity contribution in [2.45, 2.75) is 13.8 Å². The minimum Gasteiger partial charge on any atom is -0.493 e. The van der Waals surface area contributed by atoms with Crippen molar-refractivity contribution in [1.82, 2.24) is 15.1 Å². The van der Waals surface area contributed by atoms with Gasteiger partial charge in [-0.05, 0) is 61.4 Å². The SMILES string of the molecule is COc1ccc(-c2ccc(N3CCN(C(=O)Nc4cc(C)ccc4C)CC3)nn2)cc1OC.